The zero-order valence-corrected chi connectivity index (χ0v) is 19.8. The zero-order chi connectivity index (χ0) is 24.3. The van der Waals surface area contributed by atoms with E-state index in [1.807, 2.05) is 30.3 Å². The van der Waals surface area contributed by atoms with Crippen molar-refractivity contribution in [1.29, 1.82) is 5.26 Å². The van der Waals surface area contributed by atoms with Crippen molar-refractivity contribution in [3.05, 3.63) is 53.3 Å². The number of esters is 1. The van der Waals surface area contributed by atoms with E-state index in [9.17, 15) is 15.2 Å². The summed E-state index contributed by atoms with van der Waals surface area (Å²) in [6, 6.07) is 13.3. The molecule has 0 spiro atoms. The molecule has 0 aliphatic heterocycles. The van der Waals surface area contributed by atoms with Gasteiger partial charge in [0.05, 0.1) is 20.1 Å². The Morgan fingerprint density at radius 3 is 2.61 bits per heavy atom. The van der Waals surface area contributed by atoms with Crippen LogP contribution in [0.4, 0.5) is 0 Å². The molecule has 0 saturated heterocycles. The fourth-order valence-corrected chi connectivity index (χ4v) is 3.24. The maximum absolute atomic E-state index is 11.5. The average molecular weight is 456 g/mol. The molecule has 33 heavy (non-hydrogen) atoms. The van der Waals surface area contributed by atoms with Crippen LogP contribution in [0.15, 0.2) is 36.4 Å². The molecule has 0 bridgehead atoms. The monoisotopic (exact) mass is 455 g/mol. The van der Waals surface area contributed by atoms with Gasteiger partial charge in [-0.25, -0.2) is 4.98 Å². The number of hydrogen-bond acceptors (Lipinski definition) is 8. The van der Waals surface area contributed by atoms with Gasteiger partial charge < -0.3 is 24.6 Å². The molecule has 8 nitrogen and oxygen atoms in total. The van der Waals surface area contributed by atoms with E-state index >= 15 is 0 Å². The number of benzene rings is 1. The van der Waals surface area contributed by atoms with E-state index in [0.29, 0.717) is 31.0 Å². The predicted octanol–water partition coefficient (Wildman–Crippen LogP) is 2.81. The van der Waals surface area contributed by atoms with Crippen LogP contribution < -0.4 is 14.8 Å². The maximum atomic E-state index is 11.5. The van der Waals surface area contributed by atoms with Gasteiger partial charge in [-0.15, -0.1) is 0 Å². The standard InChI is InChI=1S/C25H33N3O5/c1-5-32-24(30)13-9-19-8-12-23(22(15-26)28-19)33-17-20(29)16-27-25(2,3)14-18-6-10-21(31-4)11-7-18/h6-8,10-12,20,27,29H,5,9,13-14,16-17H2,1-4H3/t20-/m1/s1. The van der Waals surface area contributed by atoms with Gasteiger partial charge in [0, 0.05) is 24.2 Å². The third-order valence-electron chi connectivity index (χ3n) is 4.96. The van der Waals surface area contributed by atoms with Crippen molar-refractivity contribution in [2.75, 3.05) is 26.9 Å². The molecular weight excluding hydrogens is 422 g/mol. The highest BCUT2D eigenvalue weighted by Gasteiger charge is 2.20. The zero-order valence-electron chi connectivity index (χ0n) is 19.8. The summed E-state index contributed by atoms with van der Waals surface area (Å²) >= 11 is 0. The lowest BCUT2D eigenvalue weighted by molar-refractivity contribution is -0.143. The summed E-state index contributed by atoms with van der Waals surface area (Å²) < 4.78 is 15.7. The highest BCUT2D eigenvalue weighted by atomic mass is 16.5. The Morgan fingerprint density at radius 1 is 1.24 bits per heavy atom. The number of β-amino-alcohol motifs (C(OH)–C–C–N with tert-alkyl or cyclic N) is 1. The molecule has 178 valence electrons. The molecule has 0 aliphatic rings. The summed E-state index contributed by atoms with van der Waals surface area (Å²) in [5.74, 6) is 0.813. The third kappa shape index (κ3) is 9.08. The number of nitriles is 1. The van der Waals surface area contributed by atoms with E-state index in [1.165, 1.54) is 0 Å². The molecule has 0 amide bonds. The van der Waals surface area contributed by atoms with Crippen molar-refractivity contribution in [2.24, 2.45) is 0 Å². The number of nitrogens with zero attached hydrogens (tertiary/aromatic N) is 2. The summed E-state index contributed by atoms with van der Waals surface area (Å²) in [7, 11) is 1.64. The second-order valence-electron chi connectivity index (χ2n) is 8.32. The first-order valence-electron chi connectivity index (χ1n) is 11.0. The van der Waals surface area contributed by atoms with Crippen molar-refractivity contribution in [3.8, 4) is 17.6 Å². The molecule has 1 heterocycles. The molecule has 1 aromatic carbocycles. The van der Waals surface area contributed by atoms with E-state index in [2.05, 4.69) is 24.1 Å². The van der Waals surface area contributed by atoms with Crippen LogP contribution >= 0.6 is 0 Å². The normalized spacial score (nSPS) is 12.0. The largest absolute Gasteiger partial charge is 0.497 e. The first-order valence-corrected chi connectivity index (χ1v) is 11.0. The SMILES string of the molecule is CCOC(=O)CCc1ccc(OC[C@H](O)CNC(C)(C)Cc2ccc(OC)cc2)c(C#N)n1. The Bertz CT molecular complexity index is 938. The first kappa shape index (κ1) is 26.1. The molecule has 0 radical (unpaired) electrons. The molecule has 2 N–H and O–H groups in total. The van der Waals surface area contributed by atoms with Gasteiger partial charge in [0.15, 0.2) is 11.4 Å². The minimum absolute atomic E-state index is 0.0180. The van der Waals surface area contributed by atoms with Crippen molar-refractivity contribution < 1.29 is 24.1 Å². The number of methoxy groups -OCH3 is 1. The number of hydrogen-bond donors (Lipinski definition) is 2. The maximum Gasteiger partial charge on any atom is 0.306 e. The molecule has 0 aliphatic carbocycles. The van der Waals surface area contributed by atoms with E-state index < -0.39 is 6.10 Å². The van der Waals surface area contributed by atoms with E-state index in [0.717, 1.165) is 17.7 Å². The highest BCUT2D eigenvalue weighted by molar-refractivity contribution is 5.69. The average Bonchev–Trinajstić information content (AvgIpc) is 2.80. The molecule has 2 aromatic rings. The minimum atomic E-state index is -0.768. The quantitative estimate of drug-likeness (QED) is 0.443. The van der Waals surface area contributed by atoms with E-state index in [4.69, 9.17) is 14.2 Å². The van der Waals surface area contributed by atoms with Gasteiger partial charge in [0.25, 0.3) is 0 Å². The number of ether oxygens (including phenoxy) is 3. The number of aliphatic hydroxyl groups excluding tert-OH is 1. The molecular formula is C25H33N3O5. The minimum Gasteiger partial charge on any atom is -0.497 e. The van der Waals surface area contributed by atoms with Gasteiger partial charge in [0.1, 0.15) is 24.5 Å². The second kappa shape index (κ2) is 12.8. The lowest BCUT2D eigenvalue weighted by atomic mass is 9.94. The Morgan fingerprint density at radius 2 is 1.97 bits per heavy atom. The van der Waals surface area contributed by atoms with Gasteiger partial charge in [0.2, 0.25) is 0 Å². The van der Waals surface area contributed by atoms with Gasteiger partial charge in [-0.05, 0) is 57.0 Å². The van der Waals surface area contributed by atoms with Crippen LogP contribution in [0, 0.1) is 11.3 Å². The Kier molecular flexibility index (Phi) is 10.1. The van der Waals surface area contributed by atoms with Crippen LogP contribution in [0.1, 0.15) is 44.1 Å². The fraction of sp³-hybridized carbons (Fsp3) is 0.480. The Hall–Kier alpha value is -3.15. The smallest absolute Gasteiger partial charge is 0.306 e. The van der Waals surface area contributed by atoms with Crippen molar-refractivity contribution in [3.63, 3.8) is 0 Å². The van der Waals surface area contributed by atoms with Gasteiger partial charge in [-0.1, -0.05) is 12.1 Å². The molecule has 0 fully saturated rings. The summed E-state index contributed by atoms with van der Waals surface area (Å²) in [6.45, 7) is 6.57. The summed E-state index contributed by atoms with van der Waals surface area (Å²) in [4.78, 5) is 15.7. The van der Waals surface area contributed by atoms with Crippen LogP contribution in [0.2, 0.25) is 0 Å². The van der Waals surface area contributed by atoms with Gasteiger partial charge in [-0.3, -0.25) is 4.79 Å². The Balaban J connectivity index is 1.83. The van der Waals surface area contributed by atoms with Crippen molar-refractivity contribution in [2.45, 2.75) is 51.7 Å². The van der Waals surface area contributed by atoms with Crippen molar-refractivity contribution in [1.82, 2.24) is 10.3 Å². The number of rotatable bonds is 13. The number of aromatic nitrogens is 1. The van der Waals surface area contributed by atoms with Crippen LogP contribution in [0.5, 0.6) is 11.5 Å². The third-order valence-corrected chi connectivity index (χ3v) is 4.96. The molecule has 0 unspecified atom stereocenters. The number of aliphatic hydroxyl groups is 1. The molecule has 8 heteroatoms. The van der Waals surface area contributed by atoms with Crippen LogP contribution in [0.3, 0.4) is 0 Å². The topological polar surface area (TPSA) is 114 Å². The summed E-state index contributed by atoms with van der Waals surface area (Å²) in [5, 5.41) is 23.1. The van der Waals surface area contributed by atoms with E-state index in [1.54, 1.807) is 26.2 Å². The molecule has 1 atom stereocenters. The summed E-state index contributed by atoms with van der Waals surface area (Å²) in [6.07, 6.45) is 0.585. The van der Waals surface area contributed by atoms with Crippen LogP contribution in [-0.2, 0) is 22.4 Å². The lowest BCUT2D eigenvalue weighted by Crippen LogP contribution is -2.46. The van der Waals surface area contributed by atoms with Crippen LogP contribution in [-0.4, -0.2) is 54.6 Å². The number of carbonyl (C=O) groups is 1. The molecule has 1 aromatic heterocycles. The number of aryl methyl sites for hydroxylation is 1. The lowest BCUT2D eigenvalue weighted by Gasteiger charge is -2.28. The fourth-order valence-electron chi connectivity index (χ4n) is 3.24. The van der Waals surface area contributed by atoms with E-state index in [-0.39, 0.29) is 30.2 Å². The van der Waals surface area contributed by atoms with Crippen LogP contribution in [0.25, 0.3) is 0 Å². The number of nitrogens with one attached hydrogen (secondary N) is 1. The number of carbonyl (C=O) groups excluding carboxylic acids is 1. The van der Waals surface area contributed by atoms with Gasteiger partial charge in [-0.2, -0.15) is 5.26 Å². The summed E-state index contributed by atoms with van der Waals surface area (Å²) in [5.41, 5.74) is 1.65. The number of pyridine rings is 1. The first-order chi connectivity index (χ1) is 15.8. The highest BCUT2D eigenvalue weighted by Crippen LogP contribution is 2.19. The second-order valence-corrected chi connectivity index (χ2v) is 8.32. The predicted molar refractivity (Wildman–Crippen MR) is 124 cm³/mol. The Labute approximate surface area is 195 Å². The van der Waals surface area contributed by atoms with Gasteiger partial charge >= 0.3 is 5.97 Å². The van der Waals surface area contributed by atoms with Crippen molar-refractivity contribution >= 4 is 5.97 Å². The molecule has 2 rings (SSSR count). The molecule has 0 saturated carbocycles.